The molecule has 110 valence electrons. The summed E-state index contributed by atoms with van der Waals surface area (Å²) in [6, 6.07) is 13.6. The second kappa shape index (κ2) is 5.77. The van der Waals surface area contributed by atoms with Crippen molar-refractivity contribution >= 4 is 16.7 Å². The van der Waals surface area contributed by atoms with Gasteiger partial charge >= 0.3 is 0 Å². The summed E-state index contributed by atoms with van der Waals surface area (Å²) in [6.07, 6.45) is 0. The van der Waals surface area contributed by atoms with Crippen LogP contribution in [0.4, 0.5) is 5.69 Å². The molecular formula is C16H13N3O3. The molecule has 1 aromatic heterocycles. The third kappa shape index (κ3) is 2.85. The van der Waals surface area contributed by atoms with Crippen molar-refractivity contribution in [2.24, 2.45) is 0 Å². The number of nitrogens with zero attached hydrogens (tertiary/aromatic N) is 3. The summed E-state index contributed by atoms with van der Waals surface area (Å²) >= 11 is 0. The largest absolute Gasteiger partial charge is 0.487 e. The van der Waals surface area contributed by atoms with Crippen molar-refractivity contribution in [1.29, 1.82) is 0 Å². The van der Waals surface area contributed by atoms with Gasteiger partial charge in [0.2, 0.25) is 0 Å². The minimum atomic E-state index is -0.442. The van der Waals surface area contributed by atoms with Gasteiger partial charge in [0.25, 0.3) is 5.69 Å². The second-order valence-corrected chi connectivity index (χ2v) is 4.78. The number of non-ortho nitro benzene ring substituents is 1. The first kappa shape index (κ1) is 13.9. The molecular weight excluding hydrogens is 282 g/mol. The van der Waals surface area contributed by atoms with Gasteiger partial charge in [-0.25, -0.2) is 9.97 Å². The normalized spacial score (nSPS) is 10.6. The van der Waals surface area contributed by atoms with Crippen LogP contribution in [0.5, 0.6) is 5.75 Å². The Morgan fingerprint density at radius 1 is 1.05 bits per heavy atom. The van der Waals surface area contributed by atoms with Gasteiger partial charge in [0.05, 0.1) is 27.3 Å². The Hall–Kier alpha value is -3.02. The van der Waals surface area contributed by atoms with Gasteiger partial charge in [-0.3, -0.25) is 10.1 Å². The number of fused-ring (bicyclic) bond motifs is 1. The first-order chi connectivity index (χ1) is 10.6. The molecule has 0 aliphatic heterocycles. The number of aromatic nitrogens is 2. The van der Waals surface area contributed by atoms with Crippen molar-refractivity contribution < 1.29 is 9.66 Å². The summed E-state index contributed by atoms with van der Waals surface area (Å²) in [5.41, 5.74) is 3.25. The van der Waals surface area contributed by atoms with E-state index in [1.54, 1.807) is 12.1 Å². The van der Waals surface area contributed by atoms with Crippen LogP contribution in [0.15, 0.2) is 48.5 Å². The summed E-state index contributed by atoms with van der Waals surface area (Å²) in [5.74, 6) is 0.556. The molecule has 22 heavy (non-hydrogen) atoms. The van der Waals surface area contributed by atoms with Gasteiger partial charge in [-0.05, 0) is 31.2 Å². The number of rotatable bonds is 4. The van der Waals surface area contributed by atoms with E-state index in [1.807, 2.05) is 31.2 Å². The fourth-order valence-corrected chi connectivity index (χ4v) is 2.08. The Bertz CT molecular complexity index is 832. The van der Waals surface area contributed by atoms with Crippen molar-refractivity contribution in [3.05, 3.63) is 70.0 Å². The Labute approximate surface area is 126 Å². The highest BCUT2D eigenvalue weighted by molar-refractivity contribution is 5.74. The first-order valence-corrected chi connectivity index (χ1v) is 6.73. The van der Waals surface area contributed by atoms with Crippen LogP contribution < -0.4 is 4.74 Å². The summed E-state index contributed by atoms with van der Waals surface area (Å²) in [5, 5.41) is 10.6. The molecule has 0 N–H and O–H groups in total. The van der Waals surface area contributed by atoms with Crippen molar-refractivity contribution in [2.45, 2.75) is 13.5 Å². The third-order valence-electron chi connectivity index (χ3n) is 3.27. The van der Waals surface area contributed by atoms with Crippen molar-refractivity contribution in [1.82, 2.24) is 9.97 Å². The van der Waals surface area contributed by atoms with Gasteiger partial charge < -0.3 is 4.74 Å². The van der Waals surface area contributed by atoms with E-state index in [1.165, 1.54) is 12.1 Å². The zero-order chi connectivity index (χ0) is 15.5. The molecule has 0 bridgehead atoms. The van der Waals surface area contributed by atoms with Crippen molar-refractivity contribution in [3.8, 4) is 5.75 Å². The maximum atomic E-state index is 10.6. The van der Waals surface area contributed by atoms with E-state index < -0.39 is 4.92 Å². The number of benzene rings is 2. The van der Waals surface area contributed by atoms with Crippen LogP contribution >= 0.6 is 0 Å². The third-order valence-corrected chi connectivity index (χ3v) is 3.27. The molecule has 6 nitrogen and oxygen atoms in total. The van der Waals surface area contributed by atoms with Crippen LogP contribution in [-0.4, -0.2) is 14.9 Å². The number of para-hydroxylation sites is 2. The van der Waals surface area contributed by atoms with E-state index in [9.17, 15) is 10.1 Å². The average molecular weight is 295 g/mol. The second-order valence-electron chi connectivity index (χ2n) is 4.78. The molecule has 1 heterocycles. The number of nitro benzene ring substituents is 1. The van der Waals surface area contributed by atoms with Crippen LogP contribution in [0.1, 0.15) is 11.4 Å². The standard InChI is InChI=1S/C16H13N3O3/c1-11-16(18-15-5-3-2-4-14(15)17-11)10-22-13-8-6-12(7-9-13)19(20)21/h2-9H,10H2,1H3. The van der Waals surface area contributed by atoms with Gasteiger partial charge in [-0.2, -0.15) is 0 Å². The average Bonchev–Trinajstić information content (AvgIpc) is 2.53. The van der Waals surface area contributed by atoms with Gasteiger partial charge in [0.1, 0.15) is 12.4 Å². The van der Waals surface area contributed by atoms with E-state index in [2.05, 4.69) is 9.97 Å². The summed E-state index contributed by atoms with van der Waals surface area (Å²) in [6.45, 7) is 2.15. The highest BCUT2D eigenvalue weighted by Crippen LogP contribution is 2.19. The molecule has 0 fully saturated rings. The Morgan fingerprint density at radius 2 is 1.68 bits per heavy atom. The molecule has 0 amide bonds. The maximum Gasteiger partial charge on any atom is 0.269 e. The molecule has 3 rings (SSSR count). The lowest BCUT2D eigenvalue weighted by molar-refractivity contribution is -0.384. The molecule has 0 radical (unpaired) electrons. The van der Waals surface area contributed by atoms with Gasteiger partial charge in [-0.1, -0.05) is 12.1 Å². The Morgan fingerprint density at radius 3 is 2.32 bits per heavy atom. The molecule has 6 heteroatoms. The van der Waals surface area contributed by atoms with Gasteiger partial charge in [0.15, 0.2) is 0 Å². The lowest BCUT2D eigenvalue weighted by Gasteiger charge is -2.08. The predicted molar refractivity (Wildman–Crippen MR) is 81.7 cm³/mol. The predicted octanol–water partition coefficient (Wildman–Crippen LogP) is 3.43. The highest BCUT2D eigenvalue weighted by Gasteiger charge is 2.07. The van der Waals surface area contributed by atoms with E-state index in [-0.39, 0.29) is 12.3 Å². The van der Waals surface area contributed by atoms with Crippen LogP contribution in [0.25, 0.3) is 11.0 Å². The van der Waals surface area contributed by atoms with Crippen LogP contribution in [0, 0.1) is 17.0 Å². The molecule has 0 aliphatic carbocycles. The number of nitro groups is 1. The fourth-order valence-electron chi connectivity index (χ4n) is 2.08. The van der Waals surface area contributed by atoms with E-state index in [4.69, 9.17) is 4.74 Å². The van der Waals surface area contributed by atoms with Gasteiger partial charge in [0, 0.05) is 12.1 Å². The maximum absolute atomic E-state index is 10.6. The monoisotopic (exact) mass is 295 g/mol. The van der Waals surface area contributed by atoms with Crippen LogP contribution in [-0.2, 0) is 6.61 Å². The van der Waals surface area contributed by atoms with E-state index in [0.717, 1.165) is 22.4 Å². The highest BCUT2D eigenvalue weighted by atomic mass is 16.6. The van der Waals surface area contributed by atoms with Crippen molar-refractivity contribution in [3.63, 3.8) is 0 Å². The van der Waals surface area contributed by atoms with Crippen LogP contribution in [0.2, 0.25) is 0 Å². The zero-order valence-electron chi connectivity index (χ0n) is 11.9. The summed E-state index contributed by atoms with van der Waals surface area (Å²) < 4.78 is 5.63. The Balaban J connectivity index is 1.78. The number of aryl methyl sites for hydroxylation is 1. The van der Waals surface area contributed by atoms with Crippen LogP contribution in [0.3, 0.4) is 0 Å². The van der Waals surface area contributed by atoms with Gasteiger partial charge in [-0.15, -0.1) is 0 Å². The van der Waals surface area contributed by atoms with Crippen molar-refractivity contribution in [2.75, 3.05) is 0 Å². The van der Waals surface area contributed by atoms with E-state index in [0.29, 0.717) is 5.75 Å². The quantitative estimate of drug-likeness (QED) is 0.544. The topological polar surface area (TPSA) is 78.2 Å². The minimum Gasteiger partial charge on any atom is -0.487 e. The molecule has 0 saturated heterocycles. The zero-order valence-corrected chi connectivity index (χ0v) is 11.9. The Kier molecular flexibility index (Phi) is 3.65. The SMILES string of the molecule is Cc1nc2ccccc2nc1COc1ccc([N+](=O)[O-])cc1. The van der Waals surface area contributed by atoms with E-state index >= 15 is 0 Å². The smallest absolute Gasteiger partial charge is 0.269 e. The molecule has 0 saturated carbocycles. The lowest BCUT2D eigenvalue weighted by atomic mass is 10.2. The molecule has 0 unspecified atom stereocenters. The molecule has 0 spiro atoms. The number of ether oxygens (including phenoxy) is 1. The molecule has 2 aromatic carbocycles. The lowest BCUT2D eigenvalue weighted by Crippen LogP contribution is -2.03. The number of hydrogen-bond acceptors (Lipinski definition) is 5. The summed E-state index contributed by atoms with van der Waals surface area (Å²) in [7, 11) is 0. The fraction of sp³-hybridized carbons (Fsp3) is 0.125. The summed E-state index contributed by atoms with van der Waals surface area (Å²) in [4.78, 5) is 19.2. The molecule has 3 aromatic rings. The molecule has 0 aliphatic rings. The first-order valence-electron chi connectivity index (χ1n) is 6.73. The minimum absolute atomic E-state index is 0.0361. The molecule has 0 atom stereocenters. The number of hydrogen-bond donors (Lipinski definition) is 0.